The molecule has 1 rings (SSSR count). The Morgan fingerprint density at radius 1 is 1.11 bits per heavy atom. The molecule has 2 nitrogen and oxygen atoms in total. The third-order valence-corrected chi connectivity index (χ3v) is 4.39. The van der Waals surface area contributed by atoms with Gasteiger partial charge in [-0.2, -0.15) is 0 Å². The van der Waals surface area contributed by atoms with E-state index in [1.165, 1.54) is 19.3 Å². The van der Waals surface area contributed by atoms with Crippen molar-refractivity contribution in [2.24, 2.45) is 5.41 Å². The van der Waals surface area contributed by atoms with Crippen molar-refractivity contribution in [1.29, 1.82) is 0 Å². The van der Waals surface area contributed by atoms with Gasteiger partial charge < -0.3 is 0 Å². The van der Waals surface area contributed by atoms with Crippen molar-refractivity contribution in [1.82, 2.24) is 4.90 Å². The number of ketones is 1. The molecule has 0 spiro atoms. The molecule has 0 N–H and O–H groups in total. The minimum absolute atomic E-state index is 0.143. The maximum absolute atomic E-state index is 12.6. The summed E-state index contributed by atoms with van der Waals surface area (Å²) >= 11 is 0. The highest BCUT2D eigenvalue weighted by atomic mass is 16.1. The molecule has 106 valence electrons. The molecule has 0 saturated heterocycles. The molecule has 2 heteroatoms. The van der Waals surface area contributed by atoms with E-state index < -0.39 is 0 Å². The molecule has 0 aromatic rings. The molecule has 0 bridgehead atoms. The van der Waals surface area contributed by atoms with Crippen LogP contribution in [0.2, 0.25) is 0 Å². The molecule has 1 aliphatic rings. The largest absolute Gasteiger partial charge is 0.298 e. The summed E-state index contributed by atoms with van der Waals surface area (Å²) < 4.78 is 0. The number of carbonyl (C=O) groups is 1. The Kier molecular flexibility index (Phi) is 5.39. The van der Waals surface area contributed by atoms with Gasteiger partial charge in [0.05, 0.1) is 5.54 Å². The lowest BCUT2D eigenvalue weighted by atomic mass is 9.75. The lowest BCUT2D eigenvalue weighted by Crippen LogP contribution is -2.52. The van der Waals surface area contributed by atoms with Crippen LogP contribution in [-0.4, -0.2) is 30.3 Å². The van der Waals surface area contributed by atoms with Crippen LogP contribution in [0.3, 0.4) is 0 Å². The number of nitrogens with zero attached hydrogens (tertiary/aromatic N) is 1. The first-order valence-corrected chi connectivity index (χ1v) is 7.49. The smallest absolute Gasteiger partial charge is 0.153 e. The molecule has 0 radical (unpaired) electrons. The lowest BCUT2D eigenvalue weighted by molar-refractivity contribution is -0.132. The molecular formula is C16H31NO. The van der Waals surface area contributed by atoms with E-state index >= 15 is 0 Å². The highest BCUT2D eigenvalue weighted by Gasteiger charge is 2.40. The topological polar surface area (TPSA) is 20.3 Å². The van der Waals surface area contributed by atoms with Gasteiger partial charge in [-0.15, -0.1) is 0 Å². The molecule has 0 heterocycles. The number of rotatable bonds is 5. The van der Waals surface area contributed by atoms with E-state index in [0.29, 0.717) is 11.2 Å². The van der Waals surface area contributed by atoms with Crippen molar-refractivity contribution in [3.63, 3.8) is 0 Å². The molecule has 0 aromatic heterocycles. The van der Waals surface area contributed by atoms with Crippen molar-refractivity contribution in [3.8, 4) is 0 Å². The number of likely N-dealkylation sites (N-methyl/N-ethyl adjacent to an activating group) is 1. The van der Waals surface area contributed by atoms with Gasteiger partial charge in [0.15, 0.2) is 5.78 Å². The van der Waals surface area contributed by atoms with Gasteiger partial charge in [0.25, 0.3) is 0 Å². The number of carbonyl (C=O) groups excluding carboxylic acids is 1. The molecule has 0 aliphatic heterocycles. The Hall–Kier alpha value is -0.370. The second kappa shape index (κ2) is 6.18. The Balaban J connectivity index is 2.55. The van der Waals surface area contributed by atoms with Gasteiger partial charge in [-0.1, -0.05) is 40.0 Å². The Labute approximate surface area is 113 Å². The van der Waals surface area contributed by atoms with E-state index in [4.69, 9.17) is 0 Å². The van der Waals surface area contributed by atoms with E-state index in [0.717, 1.165) is 32.1 Å². The highest BCUT2D eigenvalue weighted by molar-refractivity contribution is 5.88. The molecule has 0 atom stereocenters. The van der Waals surface area contributed by atoms with Gasteiger partial charge >= 0.3 is 0 Å². The first kappa shape index (κ1) is 15.7. The Morgan fingerprint density at radius 3 is 2.11 bits per heavy atom. The third-order valence-electron chi connectivity index (χ3n) is 4.39. The Bertz CT molecular complexity index is 269. The van der Waals surface area contributed by atoms with E-state index in [-0.39, 0.29) is 5.54 Å². The molecule has 1 aliphatic carbocycles. The highest BCUT2D eigenvalue weighted by Crippen LogP contribution is 2.34. The monoisotopic (exact) mass is 253 g/mol. The maximum Gasteiger partial charge on any atom is 0.153 e. The van der Waals surface area contributed by atoms with Crippen molar-refractivity contribution in [2.75, 3.05) is 14.1 Å². The minimum Gasteiger partial charge on any atom is -0.298 e. The van der Waals surface area contributed by atoms with Gasteiger partial charge in [-0.05, 0) is 45.2 Å². The van der Waals surface area contributed by atoms with Gasteiger partial charge in [0, 0.05) is 6.42 Å². The summed E-state index contributed by atoms with van der Waals surface area (Å²) in [5.41, 5.74) is 0.203. The van der Waals surface area contributed by atoms with Crippen molar-refractivity contribution in [2.45, 2.75) is 77.7 Å². The Morgan fingerprint density at radius 2 is 1.67 bits per heavy atom. The molecule has 0 amide bonds. The molecule has 0 aromatic carbocycles. The molecule has 1 saturated carbocycles. The number of hydrogen-bond acceptors (Lipinski definition) is 2. The zero-order valence-corrected chi connectivity index (χ0v) is 13.0. The van der Waals surface area contributed by atoms with Crippen LogP contribution in [0.25, 0.3) is 0 Å². The van der Waals surface area contributed by atoms with Crippen LogP contribution in [-0.2, 0) is 4.79 Å². The summed E-state index contributed by atoms with van der Waals surface area (Å²) in [5.74, 6) is 0.483. The standard InChI is InChI=1S/C16H31NO/c1-15(2,3)11-9-10-14(18)16(17(4)5)12-7-6-8-13-16/h6-13H2,1-5H3. The SMILES string of the molecule is CN(C)C1(C(=O)CCCC(C)(C)C)CCCCC1. The fraction of sp³-hybridized carbons (Fsp3) is 0.938. The predicted molar refractivity (Wildman–Crippen MR) is 77.8 cm³/mol. The molecule has 0 unspecified atom stereocenters. The lowest BCUT2D eigenvalue weighted by Gasteiger charge is -2.41. The summed E-state index contributed by atoms with van der Waals surface area (Å²) in [6.45, 7) is 6.75. The van der Waals surface area contributed by atoms with E-state index in [1.807, 2.05) is 0 Å². The molecule has 1 fully saturated rings. The van der Waals surface area contributed by atoms with Gasteiger partial charge in [-0.3, -0.25) is 9.69 Å². The van der Waals surface area contributed by atoms with Gasteiger partial charge in [0.1, 0.15) is 0 Å². The van der Waals surface area contributed by atoms with Crippen LogP contribution >= 0.6 is 0 Å². The summed E-state index contributed by atoms with van der Waals surface area (Å²) in [7, 11) is 4.15. The van der Waals surface area contributed by atoms with Crippen LogP contribution in [0.4, 0.5) is 0 Å². The average Bonchev–Trinajstić information content (AvgIpc) is 2.27. The van der Waals surface area contributed by atoms with Gasteiger partial charge in [0.2, 0.25) is 0 Å². The number of hydrogen-bond donors (Lipinski definition) is 0. The fourth-order valence-electron chi connectivity index (χ4n) is 3.12. The van der Waals surface area contributed by atoms with E-state index in [1.54, 1.807) is 0 Å². The molecular weight excluding hydrogens is 222 g/mol. The zero-order valence-electron chi connectivity index (χ0n) is 13.0. The summed E-state index contributed by atoms with van der Waals surface area (Å²) in [6.07, 6.45) is 8.79. The van der Waals surface area contributed by atoms with Crippen molar-refractivity contribution < 1.29 is 4.79 Å². The van der Waals surface area contributed by atoms with Crippen LogP contribution < -0.4 is 0 Å². The first-order chi connectivity index (χ1) is 8.28. The second-order valence-corrected chi connectivity index (χ2v) is 7.32. The molecule has 18 heavy (non-hydrogen) atoms. The van der Waals surface area contributed by atoms with Gasteiger partial charge in [-0.25, -0.2) is 0 Å². The average molecular weight is 253 g/mol. The summed E-state index contributed by atoms with van der Waals surface area (Å²) in [4.78, 5) is 14.8. The predicted octanol–water partition coefficient (Wildman–Crippen LogP) is 4.04. The first-order valence-electron chi connectivity index (χ1n) is 7.49. The quantitative estimate of drug-likeness (QED) is 0.737. The van der Waals surface area contributed by atoms with Crippen molar-refractivity contribution in [3.05, 3.63) is 0 Å². The second-order valence-electron chi connectivity index (χ2n) is 7.32. The number of Topliss-reactive ketones (excluding diaryl/α,β-unsaturated/α-hetero) is 1. The van der Waals surface area contributed by atoms with Crippen molar-refractivity contribution >= 4 is 5.78 Å². The fourth-order valence-corrected chi connectivity index (χ4v) is 3.12. The van der Waals surface area contributed by atoms with E-state index in [9.17, 15) is 4.79 Å². The zero-order chi connectivity index (χ0) is 13.8. The third kappa shape index (κ3) is 4.08. The van der Waals surface area contributed by atoms with E-state index in [2.05, 4.69) is 39.8 Å². The summed E-state index contributed by atoms with van der Waals surface area (Å²) in [6, 6.07) is 0. The van der Waals surface area contributed by atoms with Crippen LogP contribution in [0.1, 0.15) is 72.1 Å². The summed E-state index contributed by atoms with van der Waals surface area (Å²) in [5, 5.41) is 0. The van der Waals surface area contributed by atoms with Crippen LogP contribution in [0.15, 0.2) is 0 Å². The van der Waals surface area contributed by atoms with Crippen LogP contribution in [0, 0.1) is 5.41 Å². The normalized spacial score (nSPS) is 20.1. The maximum atomic E-state index is 12.6. The minimum atomic E-state index is -0.143. The van der Waals surface area contributed by atoms with Crippen LogP contribution in [0.5, 0.6) is 0 Å².